The standard InChI is InChI=1S/C12H21BO9/c1-7-12(6,19-9(14)17-7)13-8(18-11(4,5)21-16)20-22-10(2,3)15/h8,13,15-16H,1H2,2-6H3. The van der Waals surface area contributed by atoms with Crippen molar-refractivity contribution in [1.82, 2.24) is 0 Å². The highest BCUT2D eigenvalue weighted by molar-refractivity contribution is 6.42. The summed E-state index contributed by atoms with van der Waals surface area (Å²) in [5.41, 5.74) is -1.23. The smallest absolute Gasteiger partial charge is 0.429 e. The maximum absolute atomic E-state index is 11.2. The van der Waals surface area contributed by atoms with E-state index in [1.54, 1.807) is 0 Å². The molecule has 1 aliphatic heterocycles. The molecule has 1 saturated heterocycles. The second-order valence-corrected chi connectivity index (χ2v) is 5.98. The third kappa shape index (κ3) is 5.56. The second-order valence-electron chi connectivity index (χ2n) is 5.98. The summed E-state index contributed by atoms with van der Waals surface area (Å²) < 4.78 is 15.1. The van der Waals surface area contributed by atoms with Crippen LogP contribution >= 0.6 is 0 Å². The number of rotatable bonds is 8. The minimum absolute atomic E-state index is 0.0701. The van der Waals surface area contributed by atoms with Gasteiger partial charge in [-0.05, 0) is 34.6 Å². The Balaban J connectivity index is 2.81. The lowest BCUT2D eigenvalue weighted by molar-refractivity contribution is -0.479. The lowest BCUT2D eigenvalue weighted by atomic mass is 9.60. The predicted octanol–water partition coefficient (Wildman–Crippen LogP) is 1.02. The Hall–Kier alpha value is -1.17. The fraction of sp³-hybridized carbons (Fsp3) is 0.750. The van der Waals surface area contributed by atoms with Crippen molar-refractivity contribution in [3.8, 4) is 0 Å². The molecule has 0 aromatic carbocycles. The Morgan fingerprint density at radius 1 is 1.36 bits per heavy atom. The molecule has 0 bridgehead atoms. The molecule has 1 aliphatic rings. The summed E-state index contributed by atoms with van der Waals surface area (Å²) in [6, 6.07) is 0. The minimum Gasteiger partial charge on any atom is -0.429 e. The molecule has 0 amide bonds. The lowest BCUT2D eigenvalue weighted by Crippen LogP contribution is -2.47. The maximum Gasteiger partial charge on any atom is 0.513 e. The van der Waals surface area contributed by atoms with E-state index in [0.717, 1.165) is 0 Å². The van der Waals surface area contributed by atoms with E-state index in [-0.39, 0.29) is 13.0 Å². The zero-order valence-electron chi connectivity index (χ0n) is 13.2. The molecular formula is C12H21BO9. The van der Waals surface area contributed by atoms with Crippen LogP contribution in [0.5, 0.6) is 0 Å². The summed E-state index contributed by atoms with van der Waals surface area (Å²) >= 11 is 0. The topological polar surface area (TPSA) is 113 Å². The minimum atomic E-state index is -1.59. The zero-order chi connectivity index (χ0) is 17.2. The summed E-state index contributed by atoms with van der Waals surface area (Å²) in [7, 11) is -0.0829. The first-order valence-electron chi connectivity index (χ1n) is 6.54. The van der Waals surface area contributed by atoms with Gasteiger partial charge in [0, 0.05) is 0 Å². The van der Waals surface area contributed by atoms with Crippen molar-refractivity contribution in [2.45, 2.75) is 57.9 Å². The van der Waals surface area contributed by atoms with E-state index in [0.29, 0.717) is 0 Å². The van der Waals surface area contributed by atoms with Gasteiger partial charge in [-0.1, -0.05) is 6.58 Å². The van der Waals surface area contributed by atoms with Gasteiger partial charge in [-0.3, -0.25) is 0 Å². The first-order valence-corrected chi connectivity index (χ1v) is 6.54. The van der Waals surface area contributed by atoms with Crippen molar-refractivity contribution in [3.05, 3.63) is 12.3 Å². The van der Waals surface area contributed by atoms with Gasteiger partial charge in [0.25, 0.3) is 7.28 Å². The number of carbonyl (C=O) groups is 1. The van der Waals surface area contributed by atoms with Crippen molar-refractivity contribution in [2.75, 3.05) is 0 Å². The molecule has 1 heterocycles. The van der Waals surface area contributed by atoms with Crippen molar-refractivity contribution in [1.29, 1.82) is 0 Å². The average Bonchev–Trinajstić information content (AvgIpc) is 2.58. The third-order valence-corrected chi connectivity index (χ3v) is 2.66. The van der Waals surface area contributed by atoms with Gasteiger partial charge in [0.2, 0.25) is 0 Å². The highest BCUT2D eigenvalue weighted by Crippen LogP contribution is 2.30. The van der Waals surface area contributed by atoms with E-state index in [1.165, 1.54) is 34.6 Å². The average molecular weight is 320 g/mol. The molecule has 0 saturated carbocycles. The molecule has 1 rings (SSSR count). The maximum atomic E-state index is 11.2. The highest BCUT2D eigenvalue weighted by atomic mass is 17.3. The van der Waals surface area contributed by atoms with Crippen molar-refractivity contribution in [2.24, 2.45) is 0 Å². The van der Waals surface area contributed by atoms with Crippen LogP contribution in [0.15, 0.2) is 12.3 Å². The van der Waals surface area contributed by atoms with E-state index in [2.05, 4.69) is 11.5 Å². The van der Waals surface area contributed by atoms with Crippen molar-refractivity contribution in [3.63, 3.8) is 0 Å². The van der Waals surface area contributed by atoms with Crippen LogP contribution in [0.1, 0.15) is 34.6 Å². The Labute approximate surface area is 128 Å². The van der Waals surface area contributed by atoms with Crippen LogP contribution in [0, 0.1) is 0 Å². The van der Waals surface area contributed by atoms with Gasteiger partial charge in [0.15, 0.2) is 17.8 Å². The Morgan fingerprint density at radius 2 is 1.95 bits per heavy atom. The normalized spacial score (nSPS) is 24.0. The predicted molar refractivity (Wildman–Crippen MR) is 73.4 cm³/mol. The molecule has 2 unspecified atom stereocenters. The van der Waals surface area contributed by atoms with E-state index in [9.17, 15) is 9.90 Å². The molecule has 126 valence electrons. The molecule has 2 N–H and O–H groups in total. The van der Waals surface area contributed by atoms with Crippen molar-refractivity contribution < 1.29 is 44.0 Å². The molecule has 9 nitrogen and oxygen atoms in total. The third-order valence-electron chi connectivity index (χ3n) is 2.66. The van der Waals surface area contributed by atoms with E-state index < -0.39 is 29.4 Å². The quantitative estimate of drug-likeness (QED) is 0.222. The Morgan fingerprint density at radius 3 is 2.36 bits per heavy atom. The van der Waals surface area contributed by atoms with Gasteiger partial charge in [-0.25, -0.2) is 24.7 Å². The molecule has 22 heavy (non-hydrogen) atoms. The molecular weight excluding hydrogens is 299 g/mol. The van der Waals surface area contributed by atoms with Gasteiger partial charge in [-0.15, -0.1) is 0 Å². The SMILES string of the molecule is C=C1OC(=O)OC1(C)BC(OOC(C)(C)O)OC(C)(C)OO. The monoisotopic (exact) mass is 320 g/mol. The zero-order valence-corrected chi connectivity index (χ0v) is 13.2. The van der Waals surface area contributed by atoms with Gasteiger partial charge in [-0.2, -0.15) is 0 Å². The first-order chi connectivity index (χ1) is 9.87. The Bertz CT molecular complexity index is 431. The molecule has 1 fully saturated rings. The number of carbonyl (C=O) groups excluding carboxylic acids is 1. The summed E-state index contributed by atoms with van der Waals surface area (Å²) in [6.07, 6.45) is -2.07. The first kappa shape index (κ1) is 18.9. The largest absolute Gasteiger partial charge is 0.513 e. The summed E-state index contributed by atoms with van der Waals surface area (Å²) in [6.45, 7) is 10.7. The van der Waals surface area contributed by atoms with Crippen LogP contribution < -0.4 is 0 Å². The number of cyclic esters (lactones) is 2. The fourth-order valence-electron chi connectivity index (χ4n) is 1.55. The van der Waals surface area contributed by atoms with Crippen LogP contribution in [0.25, 0.3) is 0 Å². The van der Waals surface area contributed by atoms with Gasteiger partial charge in [0.1, 0.15) is 11.3 Å². The van der Waals surface area contributed by atoms with Crippen LogP contribution in [0.4, 0.5) is 4.79 Å². The number of hydrogen-bond donors (Lipinski definition) is 2. The van der Waals surface area contributed by atoms with Gasteiger partial charge in [0.05, 0.1) is 0 Å². The summed E-state index contributed by atoms with van der Waals surface area (Å²) in [5, 5.41) is 18.3. The molecule has 10 heteroatoms. The second kappa shape index (κ2) is 6.53. The van der Waals surface area contributed by atoms with Crippen LogP contribution in [-0.2, 0) is 28.9 Å². The summed E-state index contributed by atoms with van der Waals surface area (Å²) in [5.74, 6) is -2.96. The van der Waals surface area contributed by atoms with Crippen LogP contribution in [-0.4, -0.2) is 47.1 Å². The molecule has 0 aromatic rings. The molecule has 0 aliphatic carbocycles. The van der Waals surface area contributed by atoms with E-state index >= 15 is 0 Å². The number of aliphatic hydroxyl groups is 1. The van der Waals surface area contributed by atoms with Crippen LogP contribution in [0.2, 0.25) is 0 Å². The lowest BCUT2D eigenvalue weighted by Gasteiger charge is -2.31. The van der Waals surface area contributed by atoms with Gasteiger partial charge >= 0.3 is 6.16 Å². The molecule has 2 atom stereocenters. The molecule has 0 aromatic heterocycles. The molecule has 0 spiro atoms. The van der Waals surface area contributed by atoms with E-state index in [4.69, 9.17) is 29.2 Å². The van der Waals surface area contributed by atoms with Crippen molar-refractivity contribution >= 4 is 13.4 Å². The fourth-order valence-corrected chi connectivity index (χ4v) is 1.55. The summed E-state index contributed by atoms with van der Waals surface area (Å²) in [4.78, 5) is 25.1. The number of ether oxygens (including phenoxy) is 3. The van der Waals surface area contributed by atoms with E-state index in [1.807, 2.05) is 0 Å². The number of hydrogen-bond acceptors (Lipinski definition) is 9. The molecule has 0 radical (unpaired) electrons. The Kier molecular flexibility index (Phi) is 5.60. The van der Waals surface area contributed by atoms with Gasteiger partial charge < -0.3 is 19.3 Å². The van der Waals surface area contributed by atoms with Crippen LogP contribution in [0.3, 0.4) is 0 Å². The highest BCUT2D eigenvalue weighted by Gasteiger charge is 2.47.